The molecule has 1 aliphatic carbocycles. The van der Waals surface area contributed by atoms with Crippen LogP contribution < -0.4 is 11.1 Å². The second-order valence-corrected chi connectivity index (χ2v) is 4.78. The normalized spacial score (nSPS) is 19.7. The van der Waals surface area contributed by atoms with Gasteiger partial charge in [-0.3, -0.25) is 4.79 Å². The molecule has 3 nitrogen and oxygen atoms in total. The third kappa shape index (κ3) is 3.82. The van der Waals surface area contributed by atoms with Crippen molar-refractivity contribution in [3.8, 4) is 0 Å². The van der Waals surface area contributed by atoms with E-state index in [1.165, 1.54) is 19.3 Å². The SMILES string of the molecule is CCCCC(CC)CNC(=O)C1(N)CC1. The molecule has 0 aliphatic heterocycles. The van der Waals surface area contributed by atoms with Crippen molar-refractivity contribution in [2.75, 3.05) is 6.54 Å². The third-order valence-corrected chi connectivity index (χ3v) is 3.34. The van der Waals surface area contributed by atoms with Crippen molar-refractivity contribution in [2.24, 2.45) is 11.7 Å². The molecule has 1 atom stereocenters. The van der Waals surface area contributed by atoms with Crippen LogP contribution in [0.25, 0.3) is 0 Å². The lowest BCUT2D eigenvalue weighted by atomic mass is 9.99. The average Bonchev–Trinajstić information content (AvgIpc) is 2.98. The molecule has 0 aromatic carbocycles. The van der Waals surface area contributed by atoms with Crippen LogP contribution in [0, 0.1) is 5.92 Å². The molecule has 1 aliphatic rings. The van der Waals surface area contributed by atoms with E-state index in [1.807, 2.05) is 0 Å². The van der Waals surface area contributed by atoms with E-state index in [0.717, 1.165) is 25.8 Å². The summed E-state index contributed by atoms with van der Waals surface area (Å²) in [6.07, 6.45) is 6.53. The van der Waals surface area contributed by atoms with Crippen LogP contribution in [0.15, 0.2) is 0 Å². The Balaban J connectivity index is 2.18. The van der Waals surface area contributed by atoms with Crippen LogP contribution in [0.5, 0.6) is 0 Å². The Labute approximate surface area is 92.8 Å². The first-order chi connectivity index (χ1) is 7.12. The lowest BCUT2D eigenvalue weighted by molar-refractivity contribution is -0.123. The number of amides is 1. The van der Waals surface area contributed by atoms with Crippen LogP contribution in [-0.4, -0.2) is 18.0 Å². The second-order valence-electron chi connectivity index (χ2n) is 4.78. The summed E-state index contributed by atoms with van der Waals surface area (Å²) in [7, 11) is 0. The van der Waals surface area contributed by atoms with Crippen LogP contribution in [0.4, 0.5) is 0 Å². The maximum Gasteiger partial charge on any atom is 0.240 e. The predicted molar refractivity (Wildman–Crippen MR) is 62.5 cm³/mol. The molecule has 88 valence electrons. The summed E-state index contributed by atoms with van der Waals surface area (Å²) in [6, 6.07) is 0. The Morgan fingerprint density at radius 1 is 1.47 bits per heavy atom. The highest BCUT2D eigenvalue weighted by molar-refractivity contribution is 5.88. The average molecular weight is 212 g/mol. The molecule has 3 heteroatoms. The standard InChI is InChI=1S/C12H24N2O/c1-3-5-6-10(4-2)9-14-11(15)12(13)7-8-12/h10H,3-9,13H2,1-2H3,(H,14,15). The van der Waals surface area contributed by atoms with Crippen molar-refractivity contribution >= 4 is 5.91 Å². The Bertz CT molecular complexity index is 212. The highest BCUT2D eigenvalue weighted by atomic mass is 16.2. The minimum atomic E-state index is -0.511. The van der Waals surface area contributed by atoms with Gasteiger partial charge in [0.05, 0.1) is 5.54 Å². The van der Waals surface area contributed by atoms with Gasteiger partial charge in [0.15, 0.2) is 0 Å². The largest absolute Gasteiger partial charge is 0.354 e. The molecule has 1 amide bonds. The molecule has 0 saturated heterocycles. The number of nitrogens with two attached hydrogens (primary N) is 1. The zero-order chi connectivity index (χ0) is 11.3. The number of unbranched alkanes of at least 4 members (excludes halogenated alkanes) is 1. The van der Waals surface area contributed by atoms with Gasteiger partial charge in [0.1, 0.15) is 0 Å². The van der Waals surface area contributed by atoms with Crippen LogP contribution in [0.2, 0.25) is 0 Å². The number of rotatable bonds is 7. The molecule has 0 spiro atoms. The first-order valence-electron chi connectivity index (χ1n) is 6.19. The fourth-order valence-corrected chi connectivity index (χ4v) is 1.72. The molecule has 1 unspecified atom stereocenters. The van der Waals surface area contributed by atoms with Crippen molar-refractivity contribution in [3.63, 3.8) is 0 Å². The van der Waals surface area contributed by atoms with Crippen molar-refractivity contribution in [2.45, 2.75) is 57.9 Å². The van der Waals surface area contributed by atoms with Gasteiger partial charge >= 0.3 is 0 Å². The molecule has 0 aromatic rings. The molecular weight excluding hydrogens is 188 g/mol. The zero-order valence-electron chi connectivity index (χ0n) is 10.0. The topological polar surface area (TPSA) is 55.1 Å². The minimum absolute atomic E-state index is 0.0532. The monoisotopic (exact) mass is 212 g/mol. The molecule has 0 heterocycles. The van der Waals surface area contributed by atoms with Gasteiger partial charge in [0, 0.05) is 6.54 Å². The fourth-order valence-electron chi connectivity index (χ4n) is 1.72. The van der Waals surface area contributed by atoms with Crippen molar-refractivity contribution < 1.29 is 4.79 Å². The molecule has 0 bridgehead atoms. The van der Waals surface area contributed by atoms with E-state index in [4.69, 9.17) is 5.73 Å². The van der Waals surface area contributed by atoms with Gasteiger partial charge < -0.3 is 11.1 Å². The van der Waals surface area contributed by atoms with E-state index in [2.05, 4.69) is 19.2 Å². The summed E-state index contributed by atoms with van der Waals surface area (Å²) in [5.74, 6) is 0.675. The summed E-state index contributed by atoms with van der Waals surface area (Å²) < 4.78 is 0. The van der Waals surface area contributed by atoms with Gasteiger partial charge in [0.2, 0.25) is 5.91 Å². The molecule has 1 fully saturated rings. The van der Waals surface area contributed by atoms with Gasteiger partial charge in [0.25, 0.3) is 0 Å². The van der Waals surface area contributed by atoms with Gasteiger partial charge in [-0.25, -0.2) is 0 Å². The van der Waals surface area contributed by atoms with E-state index in [-0.39, 0.29) is 5.91 Å². The van der Waals surface area contributed by atoms with Crippen LogP contribution in [-0.2, 0) is 4.79 Å². The van der Waals surface area contributed by atoms with E-state index < -0.39 is 5.54 Å². The number of carbonyl (C=O) groups excluding carboxylic acids is 1. The van der Waals surface area contributed by atoms with E-state index in [0.29, 0.717) is 5.92 Å². The summed E-state index contributed by atoms with van der Waals surface area (Å²) >= 11 is 0. The Morgan fingerprint density at radius 2 is 2.13 bits per heavy atom. The number of carbonyl (C=O) groups is 1. The summed E-state index contributed by atoms with van der Waals surface area (Å²) in [6.45, 7) is 5.18. The molecular formula is C12H24N2O. The minimum Gasteiger partial charge on any atom is -0.354 e. The smallest absolute Gasteiger partial charge is 0.240 e. The van der Waals surface area contributed by atoms with Crippen LogP contribution in [0.1, 0.15) is 52.4 Å². The predicted octanol–water partition coefficient (Wildman–Crippen LogP) is 1.81. The van der Waals surface area contributed by atoms with E-state index in [9.17, 15) is 4.79 Å². The van der Waals surface area contributed by atoms with Crippen LogP contribution in [0.3, 0.4) is 0 Å². The maximum atomic E-state index is 11.6. The molecule has 0 aromatic heterocycles. The highest BCUT2D eigenvalue weighted by Gasteiger charge is 2.45. The van der Waals surface area contributed by atoms with E-state index in [1.54, 1.807) is 0 Å². The summed E-state index contributed by atoms with van der Waals surface area (Å²) in [4.78, 5) is 11.6. The number of nitrogens with one attached hydrogen (secondary N) is 1. The Kier molecular flexibility index (Phi) is 4.58. The van der Waals surface area contributed by atoms with Crippen LogP contribution >= 0.6 is 0 Å². The van der Waals surface area contributed by atoms with Gasteiger partial charge in [-0.2, -0.15) is 0 Å². The van der Waals surface area contributed by atoms with Crippen molar-refractivity contribution in [1.29, 1.82) is 0 Å². The second kappa shape index (κ2) is 5.50. The van der Waals surface area contributed by atoms with Crippen molar-refractivity contribution in [1.82, 2.24) is 5.32 Å². The van der Waals surface area contributed by atoms with E-state index >= 15 is 0 Å². The first kappa shape index (κ1) is 12.5. The lowest BCUT2D eigenvalue weighted by Crippen LogP contribution is -2.44. The molecule has 1 saturated carbocycles. The van der Waals surface area contributed by atoms with Gasteiger partial charge in [-0.1, -0.05) is 33.1 Å². The van der Waals surface area contributed by atoms with Gasteiger partial charge in [-0.15, -0.1) is 0 Å². The molecule has 15 heavy (non-hydrogen) atoms. The summed E-state index contributed by atoms with van der Waals surface area (Å²) in [5, 5.41) is 2.98. The third-order valence-electron chi connectivity index (χ3n) is 3.34. The van der Waals surface area contributed by atoms with Gasteiger partial charge in [-0.05, 0) is 25.2 Å². The molecule has 3 N–H and O–H groups in total. The zero-order valence-corrected chi connectivity index (χ0v) is 10.0. The quantitative estimate of drug-likeness (QED) is 0.676. The maximum absolute atomic E-state index is 11.6. The highest BCUT2D eigenvalue weighted by Crippen LogP contribution is 2.32. The Morgan fingerprint density at radius 3 is 2.60 bits per heavy atom. The Hall–Kier alpha value is -0.570. The first-order valence-corrected chi connectivity index (χ1v) is 6.19. The number of hydrogen-bond acceptors (Lipinski definition) is 2. The molecule has 0 radical (unpaired) electrons. The molecule has 1 rings (SSSR count). The number of hydrogen-bond donors (Lipinski definition) is 2. The van der Waals surface area contributed by atoms with Crippen molar-refractivity contribution in [3.05, 3.63) is 0 Å². The lowest BCUT2D eigenvalue weighted by Gasteiger charge is -2.17. The fraction of sp³-hybridized carbons (Fsp3) is 0.917. The summed E-state index contributed by atoms with van der Waals surface area (Å²) in [5.41, 5.74) is 5.29.